The average molecular weight is 236 g/mol. The summed E-state index contributed by atoms with van der Waals surface area (Å²) >= 11 is 0. The molecule has 1 aromatic rings. The van der Waals surface area contributed by atoms with Crippen LogP contribution >= 0.6 is 0 Å². The minimum absolute atomic E-state index is 0.388. The molecule has 0 atom stereocenters. The van der Waals surface area contributed by atoms with Crippen LogP contribution in [0, 0.1) is 0 Å². The molecule has 0 radical (unpaired) electrons. The zero-order valence-electron chi connectivity index (χ0n) is 10.2. The van der Waals surface area contributed by atoms with Crippen molar-refractivity contribution < 1.29 is 0 Å². The maximum atomic E-state index is 5.47. The lowest BCUT2D eigenvalue weighted by molar-refractivity contribution is 0.442. The number of rotatable bonds is 2. The van der Waals surface area contributed by atoms with Gasteiger partial charge in [-0.2, -0.15) is 5.10 Å². The van der Waals surface area contributed by atoms with Gasteiger partial charge in [0.1, 0.15) is 0 Å². The van der Waals surface area contributed by atoms with E-state index in [1.54, 1.807) is 10.9 Å². The second kappa shape index (κ2) is 5.67. The predicted molar refractivity (Wildman–Crippen MR) is 68.5 cm³/mol. The highest BCUT2D eigenvalue weighted by atomic mass is 15.3. The summed E-state index contributed by atoms with van der Waals surface area (Å²) in [6.07, 6.45) is 9.78. The van der Waals surface area contributed by atoms with Crippen LogP contribution in [0.3, 0.4) is 0 Å². The van der Waals surface area contributed by atoms with Gasteiger partial charge < -0.3 is 5.32 Å². The molecule has 6 nitrogen and oxygen atoms in total. The highest BCUT2D eigenvalue weighted by molar-refractivity contribution is 5.93. The van der Waals surface area contributed by atoms with Crippen molar-refractivity contribution in [3.05, 3.63) is 12.4 Å². The van der Waals surface area contributed by atoms with Gasteiger partial charge in [-0.15, -0.1) is 0 Å². The summed E-state index contributed by atoms with van der Waals surface area (Å²) in [6, 6.07) is 0.388. The van der Waals surface area contributed by atoms with Crippen LogP contribution in [0.2, 0.25) is 0 Å². The van der Waals surface area contributed by atoms with E-state index in [2.05, 4.69) is 20.8 Å². The third-order valence-corrected chi connectivity index (χ3v) is 2.99. The Morgan fingerprint density at radius 1 is 1.47 bits per heavy atom. The van der Waals surface area contributed by atoms with Crippen LogP contribution in [0.4, 0.5) is 5.69 Å². The molecule has 1 aromatic heterocycles. The first-order valence-corrected chi connectivity index (χ1v) is 6.08. The summed E-state index contributed by atoms with van der Waals surface area (Å²) < 4.78 is 1.73. The molecule has 1 heterocycles. The quantitative estimate of drug-likeness (QED) is 0.309. The smallest absolute Gasteiger partial charge is 0.210 e. The Bertz CT molecular complexity index is 377. The van der Waals surface area contributed by atoms with Crippen molar-refractivity contribution in [2.24, 2.45) is 17.9 Å². The average Bonchev–Trinajstić information content (AvgIpc) is 2.75. The van der Waals surface area contributed by atoms with Crippen molar-refractivity contribution in [1.82, 2.24) is 15.2 Å². The second-order valence-corrected chi connectivity index (χ2v) is 4.44. The Labute approximate surface area is 101 Å². The van der Waals surface area contributed by atoms with E-state index in [4.69, 9.17) is 5.84 Å². The summed E-state index contributed by atoms with van der Waals surface area (Å²) in [5.74, 6) is 6.09. The maximum Gasteiger partial charge on any atom is 0.210 e. The van der Waals surface area contributed by atoms with E-state index in [1.165, 1.54) is 19.3 Å². The third-order valence-electron chi connectivity index (χ3n) is 2.99. The van der Waals surface area contributed by atoms with Gasteiger partial charge in [-0.05, 0) is 12.8 Å². The van der Waals surface area contributed by atoms with Crippen molar-refractivity contribution >= 4 is 11.6 Å². The lowest BCUT2D eigenvalue weighted by Crippen LogP contribution is -2.37. The Kier molecular flexibility index (Phi) is 3.98. The van der Waals surface area contributed by atoms with Crippen molar-refractivity contribution in [3.63, 3.8) is 0 Å². The molecule has 1 saturated carbocycles. The van der Waals surface area contributed by atoms with Gasteiger partial charge in [-0.3, -0.25) is 10.1 Å². The predicted octanol–water partition coefficient (Wildman–Crippen LogP) is 0.984. The van der Waals surface area contributed by atoms with Crippen LogP contribution in [0.5, 0.6) is 0 Å². The zero-order valence-corrected chi connectivity index (χ0v) is 10.2. The fourth-order valence-corrected chi connectivity index (χ4v) is 2.12. The second-order valence-electron chi connectivity index (χ2n) is 4.44. The Morgan fingerprint density at radius 3 is 2.82 bits per heavy atom. The van der Waals surface area contributed by atoms with Crippen LogP contribution in [-0.4, -0.2) is 21.8 Å². The Hall–Kier alpha value is -1.56. The van der Waals surface area contributed by atoms with Crippen molar-refractivity contribution in [2.45, 2.75) is 38.1 Å². The van der Waals surface area contributed by atoms with Gasteiger partial charge in [-0.1, -0.05) is 19.3 Å². The van der Waals surface area contributed by atoms with Crippen molar-refractivity contribution in [2.75, 3.05) is 5.32 Å². The molecule has 1 fully saturated rings. The van der Waals surface area contributed by atoms with Crippen molar-refractivity contribution in [1.29, 1.82) is 0 Å². The number of aryl methyl sites for hydroxylation is 1. The Morgan fingerprint density at radius 2 is 2.24 bits per heavy atom. The van der Waals surface area contributed by atoms with Crippen LogP contribution in [0.25, 0.3) is 0 Å². The molecule has 1 aliphatic carbocycles. The lowest BCUT2D eigenvalue weighted by Gasteiger charge is -2.19. The number of aromatic nitrogens is 2. The van der Waals surface area contributed by atoms with E-state index in [0.29, 0.717) is 12.0 Å². The number of guanidine groups is 1. The van der Waals surface area contributed by atoms with E-state index in [0.717, 1.165) is 18.5 Å². The monoisotopic (exact) mass is 236 g/mol. The topological polar surface area (TPSA) is 80.3 Å². The number of nitrogens with one attached hydrogen (secondary N) is 2. The number of hydrogen-bond acceptors (Lipinski definition) is 3. The van der Waals surface area contributed by atoms with Gasteiger partial charge in [0.15, 0.2) is 0 Å². The normalized spacial score (nSPS) is 18.1. The Balaban J connectivity index is 1.97. The molecular weight excluding hydrogens is 216 g/mol. The van der Waals surface area contributed by atoms with Gasteiger partial charge in [0, 0.05) is 13.2 Å². The molecule has 1 aliphatic rings. The van der Waals surface area contributed by atoms with E-state index in [9.17, 15) is 0 Å². The van der Waals surface area contributed by atoms with Crippen LogP contribution in [0.1, 0.15) is 32.1 Å². The minimum Gasteiger partial charge on any atom is -0.323 e. The maximum absolute atomic E-state index is 5.47. The SMILES string of the molecule is Cn1cc(NC(=NC2CCCCC2)NN)cn1. The summed E-state index contributed by atoms with van der Waals surface area (Å²) in [6.45, 7) is 0. The van der Waals surface area contributed by atoms with Crippen LogP contribution in [0.15, 0.2) is 17.4 Å². The lowest BCUT2D eigenvalue weighted by atomic mass is 9.96. The highest BCUT2D eigenvalue weighted by Crippen LogP contribution is 2.20. The van der Waals surface area contributed by atoms with E-state index < -0.39 is 0 Å². The summed E-state index contributed by atoms with van der Waals surface area (Å²) in [7, 11) is 1.87. The molecule has 6 heteroatoms. The number of nitrogens with two attached hydrogens (primary N) is 1. The minimum atomic E-state index is 0.388. The molecule has 94 valence electrons. The first kappa shape index (κ1) is 11.9. The van der Waals surface area contributed by atoms with Gasteiger partial charge in [0.2, 0.25) is 5.96 Å². The molecule has 0 aromatic carbocycles. The molecule has 0 spiro atoms. The number of anilines is 1. The number of aliphatic imine (C=N–C) groups is 1. The molecule has 0 unspecified atom stereocenters. The fraction of sp³-hybridized carbons (Fsp3) is 0.636. The summed E-state index contributed by atoms with van der Waals surface area (Å²) in [5, 5.41) is 7.21. The van der Waals surface area contributed by atoms with Crippen LogP contribution in [-0.2, 0) is 7.05 Å². The third kappa shape index (κ3) is 3.45. The van der Waals surface area contributed by atoms with Gasteiger partial charge in [0.25, 0.3) is 0 Å². The molecular formula is C11H20N6. The van der Waals surface area contributed by atoms with E-state index in [-0.39, 0.29) is 0 Å². The van der Waals surface area contributed by atoms with Gasteiger partial charge >= 0.3 is 0 Å². The first-order chi connectivity index (χ1) is 8.28. The first-order valence-electron chi connectivity index (χ1n) is 6.08. The van der Waals surface area contributed by atoms with Crippen LogP contribution < -0.4 is 16.6 Å². The molecule has 4 N–H and O–H groups in total. The van der Waals surface area contributed by atoms with E-state index in [1.807, 2.05) is 13.2 Å². The molecule has 0 bridgehead atoms. The molecule has 0 amide bonds. The zero-order chi connectivity index (χ0) is 12.1. The molecule has 2 rings (SSSR count). The fourth-order valence-electron chi connectivity index (χ4n) is 2.12. The number of hydrazine groups is 1. The standard InChI is InChI=1S/C11H20N6/c1-17-8-10(7-13-17)15-11(16-12)14-9-5-3-2-4-6-9/h7-9H,2-6,12H2,1H3,(H2,14,15,16). The summed E-state index contributed by atoms with van der Waals surface area (Å²) in [5.41, 5.74) is 3.50. The summed E-state index contributed by atoms with van der Waals surface area (Å²) in [4.78, 5) is 4.59. The highest BCUT2D eigenvalue weighted by Gasteiger charge is 2.13. The largest absolute Gasteiger partial charge is 0.323 e. The molecule has 0 saturated heterocycles. The van der Waals surface area contributed by atoms with Crippen molar-refractivity contribution in [3.8, 4) is 0 Å². The number of hydrogen-bond donors (Lipinski definition) is 3. The number of nitrogens with zero attached hydrogens (tertiary/aromatic N) is 3. The van der Waals surface area contributed by atoms with Gasteiger partial charge in [0.05, 0.1) is 17.9 Å². The van der Waals surface area contributed by atoms with E-state index >= 15 is 0 Å². The van der Waals surface area contributed by atoms with Gasteiger partial charge in [-0.25, -0.2) is 10.8 Å². The molecule has 17 heavy (non-hydrogen) atoms. The molecule has 0 aliphatic heterocycles.